The summed E-state index contributed by atoms with van der Waals surface area (Å²) in [4.78, 5) is 21.9. The molecule has 0 radical (unpaired) electrons. The van der Waals surface area contributed by atoms with Crippen LogP contribution in [0.15, 0.2) is 63.9 Å². The van der Waals surface area contributed by atoms with E-state index in [0.29, 0.717) is 18.5 Å². The van der Waals surface area contributed by atoms with Crippen molar-refractivity contribution in [2.45, 2.75) is 11.3 Å². The fraction of sp³-hybridized carbons (Fsp3) is 0.125. The van der Waals surface area contributed by atoms with E-state index in [0.717, 1.165) is 11.6 Å². The number of isocyanates is 1. The molecule has 0 saturated heterocycles. The fourth-order valence-electron chi connectivity index (χ4n) is 1.94. The number of hydrogen-bond acceptors (Lipinski definition) is 4. The molecule has 0 heterocycles. The standard InChI is InChI=1S/C16H14N2O4S/c19-12-18-23(21,22)15-8-6-13(7-9-15)10-11-17-16(20)14-4-2-1-3-5-14/h1-9H,10-11H2,(H,17,20). The van der Waals surface area contributed by atoms with Crippen LogP contribution < -0.4 is 5.32 Å². The Balaban J connectivity index is 1.92. The molecule has 2 aromatic rings. The van der Waals surface area contributed by atoms with E-state index in [9.17, 15) is 18.0 Å². The van der Waals surface area contributed by atoms with E-state index in [1.165, 1.54) is 12.1 Å². The van der Waals surface area contributed by atoms with Crippen LogP contribution >= 0.6 is 0 Å². The van der Waals surface area contributed by atoms with Crippen molar-refractivity contribution in [3.63, 3.8) is 0 Å². The van der Waals surface area contributed by atoms with E-state index in [1.807, 2.05) is 6.07 Å². The van der Waals surface area contributed by atoms with Gasteiger partial charge in [-0.15, -0.1) is 0 Å². The summed E-state index contributed by atoms with van der Waals surface area (Å²) in [6.45, 7) is 0.423. The number of carbonyl (C=O) groups excluding carboxylic acids is 2. The van der Waals surface area contributed by atoms with Gasteiger partial charge in [-0.05, 0) is 36.2 Å². The second-order valence-electron chi connectivity index (χ2n) is 4.67. The van der Waals surface area contributed by atoms with Crippen LogP contribution in [0.4, 0.5) is 0 Å². The van der Waals surface area contributed by atoms with Gasteiger partial charge in [-0.3, -0.25) is 4.79 Å². The zero-order chi connectivity index (χ0) is 16.7. The Morgan fingerprint density at radius 1 is 1.04 bits per heavy atom. The highest BCUT2D eigenvalue weighted by molar-refractivity contribution is 7.90. The monoisotopic (exact) mass is 330 g/mol. The smallest absolute Gasteiger partial charge is 0.292 e. The van der Waals surface area contributed by atoms with E-state index in [4.69, 9.17) is 0 Å². The minimum atomic E-state index is -3.97. The van der Waals surface area contributed by atoms with Crippen molar-refractivity contribution in [2.24, 2.45) is 4.40 Å². The van der Waals surface area contributed by atoms with E-state index in [1.54, 1.807) is 36.4 Å². The summed E-state index contributed by atoms with van der Waals surface area (Å²) in [5, 5.41) is 2.79. The fourth-order valence-corrected chi connectivity index (χ4v) is 2.63. The van der Waals surface area contributed by atoms with Crippen LogP contribution in [0.1, 0.15) is 15.9 Å². The Bertz CT molecular complexity index is 824. The molecule has 0 unspecified atom stereocenters. The molecule has 2 aromatic carbocycles. The summed E-state index contributed by atoms with van der Waals surface area (Å²) in [6, 6.07) is 14.8. The van der Waals surface area contributed by atoms with E-state index >= 15 is 0 Å². The van der Waals surface area contributed by atoms with Gasteiger partial charge in [0.15, 0.2) is 0 Å². The van der Waals surface area contributed by atoms with Crippen molar-refractivity contribution in [1.82, 2.24) is 5.32 Å². The number of nitrogens with one attached hydrogen (secondary N) is 1. The number of sulfonamides is 1. The van der Waals surface area contributed by atoms with Crippen molar-refractivity contribution < 1.29 is 18.0 Å². The highest BCUT2D eigenvalue weighted by atomic mass is 32.2. The summed E-state index contributed by atoms with van der Waals surface area (Å²) >= 11 is 0. The lowest BCUT2D eigenvalue weighted by Crippen LogP contribution is -2.25. The summed E-state index contributed by atoms with van der Waals surface area (Å²) in [6.07, 6.45) is 1.57. The summed E-state index contributed by atoms with van der Waals surface area (Å²) in [5.74, 6) is -0.162. The van der Waals surface area contributed by atoms with Crippen molar-refractivity contribution in [3.05, 3.63) is 65.7 Å². The third kappa shape index (κ3) is 4.60. The Morgan fingerprint density at radius 3 is 2.30 bits per heavy atom. The normalized spacial score (nSPS) is 10.6. The molecule has 0 aromatic heterocycles. The molecule has 6 nitrogen and oxygen atoms in total. The molecule has 0 spiro atoms. The summed E-state index contributed by atoms with van der Waals surface area (Å²) in [7, 11) is -3.97. The van der Waals surface area contributed by atoms with Crippen LogP contribution in [0.2, 0.25) is 0 Å². The Labute approximate surface area is 133 Å². The van der Waals surface area contributed by atoms with Gasteiger partial charge < -0.3 is 5.32 Å². The van der Waals surface area contributed by atoms with E-state index in [2.05, 4.69) is 9.71 Å². The van der Waals surface area contributed by atoms with Crippen LogP contribution in [0.25, 0.3) is 0 Å². The molecular formula is C16H14N2O4S. The van der Waals surface area contributed by atoms with Gasteiger partial charge >= 0.3 is 0 Å². The van der Waals surface area contributed by atoms with Crippen molar-refractivity contribution in [3.8, 4) is 0 Å². The zero-order valence-corrected chi connectivity index (χ0v) is 12.9. The molecule has 0 aliphatic rings. The van der Waals surface area contributed by atoms with Gasteiger partial charge in [0.25, 0.3) is 22.0 Å². The highest BCUT2D eigenvalue weighted by Gasteiger charge is 2.12. The Hall–Kier alpha value is -2.76. The van der Waals surface area contributed by atoms with Gasteiger partial charge in [-0.2, -0.15) is 8.42 Å². The lowest BCUT2D eigenvalue weighted by molar-refractivity contribution is 0.0954. The number of benzene rings is 2. The van der Waals surface area contributed by atoms with Crippen LogP contribution in [0, 0.1) is 0 Å². The Morgan fingerprint density at radius 2 is 1.70 bits per heavy atom. The molecule has 23 heavy (non-hydrogen) atoms. The maximum absolute atomic E-state index is 11.9. The number of nitrogens with zero attached hydrogens (tertiary/aromatic N) is 1. The predicted molar refractivity (Wildman–Crippen MR) is 84.2 cm³/mol. The number of rotatable bonds is 6. The number of amides is 1. The first kappa shape index (κ1) is 16.6. The highest BCUT2D eigenvalue weighted by Crippen LogP contribution is 2.13. The molecule has 7 heteroatoms. The molecule has 0 atom stereocenters. The van der Waals surface area contributed by atoms with Crippen molar-refractivity contribution >= 4 is 22.0 Å². The van der Waals surface area contributed by atoms with Gasteiger partial charge in [0.05, 0.1) is 4.90 Å². The third-order valence-electron chi connectivity index (χ3n) is 3.11. The largest absolute Gasteiger partial charge is 0.352 e. The van der Waals surface area contributed by atoms with E-state index in [-0.39, 0.29) is 10.8 Å². The summed E-state index contributed by atoms with van der Waals surface area (Å²) in [5.41, 5.74) is 1.44. The van der Waals surface area contributed by atoms with Crippen LogP contribution in [-0.2, 0) is 21.2 Å². The minimum absolute atomic E-state index is 0.0714. The lowest BCUT2D eigenvalue weighted by atomic mass is 10.1. The Kier molecular flexibility index (Phi) is 5.41. The topological polar surface area (TPSA) is 92.7 Å². The molecule has 1 amide bonds. The molecule has 0 saturated carbocycles. The molecule has 0 bridgehead atoms. The molecule has 0 fully saturated rings. The van der Waals surface area contributed by atoms with Crippen molar-refractivity contribution in [2.75, 3.05) is 6.54 Å². The molecule has 1 N–H and O–H groups in total. The number of hydrogen-bond donors (Lipinski definition) is 1. The van der Waals surface area contributed by atoms with Gasteiger partial charge in [-0.1, -0.05) is 34.7 Å². The predicted octanol–water partition coefficient (Wildman–Crippen LogP) is 1.68. The zero-order valence-electron chi connectivity index (χ0n) is 12.1. The van der Waals surface area contributed by atoms with E-state index < -0.39 is 10.0 Å². The molecule has 118 valence electrons. The summed E-state index contributed by atoms with van der Waals surface area (Å²) < 4.78 is 25.8. The molecule has 0 aliphatic carbocycles. The van der Waals surface area contributed by atoms with Gasteiger partial charge in [-0.25, -0.2) is 4.79 Å². The SMILES string of the molecule is O=C=NS(=O)(=O)c1ccc(CCNC(=O)c2ccccc2)cc1. The van der Waals surface area contributed by atoms with Gasteiger partial charge in [0.1, 0.15) is 0 Å². The third-order valence-corrected chi connectivity index (χ3v) is 4.30. The molecular weight excluding hydrogens is 316 g/mol. The second kappa shape index (κ2) is 7.49. The van der Waals surface area contributed by atoms with Gasteiger partial charge in [0, 0.05) is 12.1 Å². The first-order valence-electron chi connectivity index (χ1n) is 6.79. The quantitative estimate of drug-likeness (QED) is 0.644. The average Bonchev–Trinajstić information content (AvgIpc) is 2.56. The van der Waals surface area contributed by atoms with Crippen LogP contribution in [-0.4, -0.2) is 26.9 Å². The van der Waals surface area contributed by atoms with Crippen LogP contribution in [0.3, 0.4) is 0 Å². The first-order valence-corrected chi connectivity index (χ1v) is 8.23. The molecule has 0 aliphatic heterocycles. The van der Waals surface area contributed by atoms with Crippen molar-refractivity contribution in [1.29, 1.82) is 0 Å². The molecule has 2 rings (SSSR count). The maximum atomic E-state index is 11.9. The van der Waals surface area contributed by atoms with Crippen LogP contribution in [0.5, 0.6) is 0 Å². The second-order valence-corrected chi connectivity index (χ2v) is 6.28. The first-order chi connectivity index (χ1) is 11.0. The lowest BCUT2D eigenvalue weighted by Gasteiger charge is -2.06. The minimum Gasteiger partial charge on any atom is -0.352 e. The van der Waals surface area contributed by atoms with Gasteiger partial charge in [0.2, 0.25) is 0 Å². The average molecular weight is 330 g/mol. The maximum Gasteiger partial charge on any atom is 0.292 e. The number of carbonyl (C=O) groups is 1.